The van der Waals surface area contributed by atoms with Gasteiger partial charge in [0.2, 0.25) is 0 Å². The highest BCUT2D eigenvalue weighted by Gasteiger charge is 2.16. The Morgan fingerprint density at radius 1 is 1.00 bits per heavy atom. The van der Waals surface area contributed by atoms with Crippen LogP contribution < -0.4 is 10.6 Å². The van der Waals surface area contributed by atoms with Crippen LogP contribution in [0.15, 0.2) is 49.3 Å². The van der Waals surface area contributed by atoms with Crippen molar-refractivity contribution in [2.75, 3.05) is 36.9 Å². The van der Waals surface area contributed by atoms with Crippen molar-refractivity contribution in [3.63, 3.8) is 0 Å². The minimum Gasteiger partial charge on any atom is -0.398 e. The number of anilines is 2. The van der Waals surface area contributed by atoms with Crippen LogP contribution in [0.3, 0.4) is 0 Å². The molecule has 1 aliphatic heterocycles. The summed E-state index contributed by atoms with van der Waals surface area (Å²) in [4.78, 5) is 18.8. The molecule has 3 heterocycles. The first kappa shape index (κ1) is 17.0. The molecule has 3 aromatic rings. The van der Waals surface area contributed by atoms with Crippen molar-refractivity contribution in [3.05, 3.63) is 60.6 Å². The maximum atomic E-state index is 8.64. The van der Waals surface area contributed by atoms with E-state index in [0.29, 0.717) is 30.2 Å². The van der Waals surface area contributed by atoms with Crippen molar-refractivity contribution >= 4 is 17.2 Å². The van der Waals surface area contributed by atoms with Crippen LogP contribution >= 0.6 is 0 Å². The van der Waals surface area contributed by atoms with Crippen molar-refractivity contribution < 1.29 is 4.74 Å². The summed E-state index contributed by atoms with van der Waals surface area (Å²) >= 11 is 0. The highest BCUT2D eigenvalue weighted by molar-refractivity contribution is 6.13. The second-order valence-electron chi connectivity index (χ2n) is 6.17. The van der Waals surface area contributed by atoms with Gasteiger partial charge in [-0.2, -0.15) is 0 Å². The van der Waals surface area contributed by atoms with E-state index in [-0.39, 0.29) is 5.71 Å². The van der Waals surface area contributed by atoms with Gasteiger partial charge in [0.15, 0.2) is 0 Å². The van der Waals surface area contributed by atoms with E-state index in [1.807, 2.05) is 18.2 Å². The van der Waals surface area contributed by atoms with Gasteiger partial charge in [-0.15, -0.1) is 0 Å². The molecule has 0 bridgehead atoms. The first-order valence-electron chi connectivity index (χ1n) is 8.61. The lowest BCUT2D eigenvalue weighted by atomic mass is 9.99. The fourth-order valence-corrected chi connectivity index (χ4v) is 2.99. The molecule has 0 amide bonds. The lowest BCUT2D eigenvalue weighted by Gasteiger charge is -2.27. The molecule has 0 spiro atoms. The molecule has 1 aromatic carbocycles. The van der Waals surface area contributed by atoms with E-state index in [9.17, 15) is 0 Å². The number of nitrogens with one attached hydrogen (secondary N) is 1. The molecule has 1 fully saturated rings. The molecular weight excluding hydrogens is 342 g/mol. The first-order valence-corrected chi connectivity index (χ1v) is 8.61. The summed E-state index contributed by atoms with van der Waals surface area (Å²) in [7, 11) is 0. The Kier molecular flexibility index (Phi) is 4.71. The molecule has 1 aliphatic rings. The standard InChI is InChI=1S/C19H19N7O/c20-16-2-1-13(14-9-22-11-23-10-14)7-15(16)19(21)17-8-18(25-12-24-17)26-3-5-27-6-4-26/h1-2,7-12,21H,3-6,20H2. The molecule has 8 heteroatoms. The van der Waals surface area contributed by atoms with E-state index < -0.39 is 0 Å². The maximum absolute atomic E-state index is 8.64. The van der Waals surface area contributed by atoms with Crippen LogP contribution in [0.1, 0.15) is 11.3 Å². The zero-order chi connectivity index (χ0) is 18.6. The maximum Gasteiger partial charge on any atom is 0.132 e. The average Bonchev–Trinajstić information content (AvgIpc) is 2.75. The summed E-state index contributed by atoms with van der Waals surface area (Å²) in [6, 6.07) is 7.37. The van der Waals surface area contributed by atoms with Crippen molar-refractivity contribution in [1.29, 1.82) is 5.41 Å². The van der Waals surface area contributed by atoms with Crippen LogP contribution in [0, 0.1) is 5.41 Å². The molecule has 0 radical (unpaired) electrons. The largest absolute Gasteiger partial charge is 0.398 e. The number of hydrogen-bond donors (Lipinski definition) is 2. The van der Waals surface area contributed by atoms with Gasteiger partial charge in [0, 0.05) is 48.4 Å². The molecule has 27 heavy (non-hydrogen) atoms. The topological polar surface area (TPSA) is 114 Å². The van der Waals surface area contributed by atoms with Crippen LogP contribution in [-0.2, 0) is 4.74 Å². The predicted octanol–water partition coefficient (Wildman–Crippen LogP) is 1.77. The lowest BCUT2D eigenvalue weighted by molar-refractivity contribution is 0.122. The number of nitrogens with zero attached hydrogens (tertiary/aromatic N) is 5. The fraction of sp³-hybridized carbons (Fsp3) is 0.211. The van der Waals surface area contributed by atoms with E-state index >= 15 is 0 Å². The zero-order valence-corrected chi connectivity index (χ0v) is 14.7. The SMILES string of the molecule is N=C(c1cc(N2CCOCC2)ncn1)c1cc(-c2cncnc2)ccc1N. The summed E-state index contributed by atoms with van der Waals surface area (Å²) in [6.45, 7) is 2.89. The van der Waals surface area contributed by atoms with Crippen LogP contribution in [0.4, 0.5) is 11.5 Å². The van der Waals surface area contributed by atoms with Gasteiger partial charge in [-0.25, -0.2) is 19.9 Å². The van der Waals surface area contributed by atoms with E-state index in [2.05, 4.69) is 24.8 Å². The van der Waals surface area contributed by atoms with Crippen molar-refractivity contribution in [1.82, 2.24) is 19.9 Å². The van der Waals surface area contributed by atoms with Crippen LogP contribution in [0.2, 0.25) is 0 Å². The number of nitrogens with two attached hydrogens (primary N) is 1. The summed E-state index contributed by atoms with van der Waals surface area (Å²) in [6.07, 6.45) is 6.43. The molecule has 0 saturated carbocycles. The third-order valence-electron chi connectivity index (χ3n) is 4.46. The number of benzene rings is 1. The van der Waals surface area contributed by atoms with Crippen LogP contribution in [-0.4, -0.2) is 52.0 Å². The van der Waals surface area contributed by atoms with E-state index in [1.165, 1.54) is 12.7 Å². The van der Waals surface area contributed by atoms with Crippen molar-refractivity contribution in [2.24, 2.45) is 0 Å². The van der Waals surface area contributed by atoms with Crippen molar-refractivity contribution in [2.45, 2.75) is 0 Å². The molecule has 1 saturated heterocycles. The second kappa shape index (κ2) is 7.46. The predicted molar refractivity (Wildman–Crippen MR) is 103 cm³/mol. The molecule has 2 aromatic heterocycles. The number of nitrogen functional groups attached to an aromatic ring is 1. The van der Waals surface area contributed by atoms with Gasteiger partial charge < -0.3 is 15.4 Å². The summed E-state index contributed by atoms with van der Waals surface area (Å²) in [5.74, 6) is 0.791. The third kappa shape index (κ3) is 3.61. The molecule has 0 unspecified atom stereocenters. The molecule has 0 aliphatic carbocycles. The number of morpholine rings is 1. The summed E-state index contributed by atoms with van der Waals surface area (Å²) in [5.41, 5.74) is 9.82. The summed E-state index contributed by atoms with van der Waals surface area (Å²) in [5, 5.41) is 8.64. The lowest BCUT2D eigenvalue weighted by Crippen LogP contribution is -2.36. The average molecular weight is 361 g/mol. The van der Waals surface area contributed by atoms with Gasteiger partial charge in [0.05, 0.1) is 24.6 Å². The van der Waals surface area contributed by atoms with Gasteiger partial charge in [0.25, 0.3) is 0 Å². The monoisotopic (exact) mass is 361 g/mol. The van der Waals surface area contributed by atoms with E-state index in [1.54, 1.807) is 18.5 Å². The van der Waals surface area contributed by atoms with Gasteiger partial charge in [-0.05, 0) is 17.7 Å². The Hall–Kier alpha value is -3.39. The zero-order valence-electron chi connectivity index (χ0n) is 14.7. The molecule has 8 nitrogen and oxygen atoms in total. The molecule has 3 N–H and O–H groups in total. The Labute approximate surface area is 156 Å². The van der Waals surface area contributed by atoms with Gasteiger partial charge in [0.1, 0.15) is 18.5 Å². The molecule has 0 atom stereocenters. The Morgan fingerprint density at radius 3 is 2.56 bits per heavy atom. The van der Waals surface area contributed by atoms with Gasteiger partial charge in [-0.1, -0.05) is 6.07 Å². The van der Waals surface area contributed by atoms with E-state index in [4.69, 9.17) is 15.9 Å². The molecule has 4 rings (SSSR count). The normalized spacial score (nSPS) is 14.1. The first-order chi connectivity index (χ1) is 13.2. The summed E-state index contributed by atoms with van der Waals surface area (Å²) < 4.78 is 5.39. The number of aromatic nitrogens is 4. The number of hydrogen-bond acceptors (Lipinski definition) is 8. The van der Waals surface area contributed by atoms with E-state index in [0.717, 1.165) is 30.0 Å². The van der Waals surface area contributed by atoms with Gasteiger partial charge >= 0.3 is 0 Å². The quantitative estimate of drug-likeness (QED) is 0.537. The third-order valence-corrected chi connectivity index (χ3v) is 4.46. The fourth-order valence-electron chi connectivity index (χ4n) is 2.99. The highest BCUT2D eigenvalue weighted by atomic mass is 16.5. The Bertz CT molecular complexity index is 955. The van der Waals surface area contributed by atoms with Crippen molar-refractivity contribution in [3.8, 4) is 11.1 Å². The van der Waals surface area contributed by atoms with Crippen LogP contribution in [0.25, 0.3) is 11.1 Å². The number of rotatable bonds is 4. The molecule has 136 valence electrons. The van der Waals surface area contributed by atoms with Crippen LogP contribution in [0.5, 0.6) is 0 Å². The Balaban J connectivity index is 1.66. The second-order valence-corrected chi connectivity index (χ2v) is 6.17. The number of ether oxygens (including phenoxy) is 1. The Morgan fingerprint density at radius 2 is 1.78 bits per heavy atom. The smallest absolute Gasteiger partial charge is 0.132 e. The minimum atomic E-state index is 0.253. The highest BCUT2D eigenvalue weighted by Crippen LogP contribution is 2.25. The minimum absolute atomic E-state index is 0.253. The molecular formula is C19H19N7O. The van der Waals surface area contributed by atoms with Gasteiger partial charge in [-0.3, -0.25) is 5.41 Å².